The standard InChI is InChI=1S/C35H23N5O3S2/c36-21-27(22-37)31(25-15-7-2-8-16-25)39-33-29(23-38)30(24-13-5-1-6-14-24)32(45(42,43)28-19-11-4-12-20-28)35(44)40(33)34(41)26-17-9-3-10-18-26/h1-20,27,31,39H. The summed E-state index contributed by atoms with van der Waals surface area (Å²) in [7, 11) is -4.40. The fourth-order valence-corrected chi connectivity index (χ4v) is 7.16. The number of carbonyl (C=O) groups is 1. The Morgan fingerprint density at radius 2 is 1.27 bits per heavy atom. The topological polar surface area (TPSA) is 140 Å². The van der Waals surface area contributed by atoms with Crippen LogP contribution in [0.2, 0.25) is 0 Å². The van der Waals surface area contributed by atoms with E-state index in [2.05, 4.69) is 11.4 Å². The molecule has 0 fully saturated rings. The van der Waals surface area contributed by atoms with E-state index in [0.29, 0.717) is 11.1 Å². The summed E-state index contributed by atoms with van der Waals surface area (Å²) in [5, 5.41) is 33.7. The number of nitrogens with zero attached hydrogens (tertiary/aromatic N) is 4. The average molecular weight is 626 g/mol. The quantitative estimate of drug-likeness (QED) is 0.180. The normalized spacial score (nSPS) is 11.5. The van der Waals surface area contributed by atoms with Gasteiger partial charge in [-0.3, -0.25) is 4.79 Å². The minimum Gasteiger partial charge on any atom is -0.361 e. The van der Waals surface area contributed by atoms with E-state index in [4.69, 9.17) is 12.2 Å². The number of hydrogen-bond donors (Lipinski definition) is 1. The maximum atomic E-state index is 14.4. The third-order valence-corrected chi connectivity index (χ3v) is 9.46. The zero-order valence-corrected chi connectivity index (χ0v) is 25.2. The number of anilines is 1. The van der Waals surface area contributed by atoms with Gasteiger partial charge in [-0.05, 0) is 35.4 Å². The second kappa shape index (κ2) is 13.2. The first-order valence-corrected chi connectivity index (χ1v) is 15.5. The molecule has 4 aromatic carbocycles. The van der Waals surface area contributed by atoms with Crippen molar-refractivity contribution in [3.63, 3.8) is 0 Å². The minimum atomic E-state index is -4.40. The van der Waals surface area contributed by atoms with Gasteiger partial charge in [-0.15, -0.1) is 0 Å². The van der Waals surface area contributed by atoms with Crippen LogP contribution in [0.15, 0.2) is 131 Å². The van der Waals surface area contributed by atoms with Crippen LogP contribution in [0.1, 0.15) is 27.5 Å². The van der Waals surface area contributed by atoms with Crippen molar-refractivity contribution < 1.29 is 13.2 Å². The number of rotatable bonds is 8. The monoisotopic (exact) mass is 625 g/mol. The lowest BCUT2D eigenvalue weighted by Crippen LogP contribution is -2.27. The molecule has 1 unspecified atom stereocenters. The molecule has 0 aliphatic carbocycles. The lowest BCUT2D eigenvalue weighted by atomic mass is 9.94. The number of benzene rings is 4. The highest BCUT2D eigenvalue weighted by atomic mass is 32.2. The molecule has 10 heteroatoms. The Kier molecular flexibility index (Phi) is 8.97. The van der Waals surface area contributed by atoms with E-state index in [1.807, 2.05) is 12.1 Å². The van der Waals surface area contributed by atoms with Crippen LogP contribution in [0.3, 0.4) is 0 Å². The highest BCUT2D eigenvalue weighted by molar-refractivity contribution is 7.92. The summed E-state index contributed by atoms with van der Waals surface area (Å²) in [4.78, 5) is 13.8. The van der Waals surface area contributed by atoms with E-state index in [1.165, 1.54) is 12.1 Å². The number of aromatic nitrogens is 1. The van der Waals surface area contributed by atoms with Crippen LogP contribution in [-0.2, 0) is 9.84 Å². The predicted octanol–water partition coefficient (Wildman–Crippen LogP) is 7.09. The van der Waals surface area contributed by atoms with Gasteiger partial charge in [-0.2, -0.15) is 15.8 Å². The van der Waals surface area contributed by atoms with Crippen molar-refractivity contribution in [3.8, 4) is 29.3 Å². The van der Waals surface area contributed by atoms with Crippen LogP contribution in [0.25, 0.3) is 11.1 Å². The number of nitrogens with one attached hydrogen (secondary N) is 1. The van der Waals surface area contributed by atoms with Crippen molar-refractivity contribution in [1.29, 1.82) is 15.8 Å². The first kappa shape index (κ1) is 30.6. The summed E-state index contributed by atoms with van der Waals surface area (Å²) in [6.45, 7) is 0. The summed E-state index contributed by atoms with van der Waals surface area (Å²) in [6, 6.07) is 37.8. The van der Waals surface area contributed by atoms with Gasteiger partial charge in [-0.25, -0.2) is 13.0 Å². The number of pyridine rings is 1. The van der Waals surface area contributed by atoms with Gasteiger partial charge in [0.2, 0.25) is 9.84 Å². The molecule has 5 aromatic rings. The predicted molar refractivity (Wildman–Crippen MR) is 171 cm³/mol. The Hall–Kier alpha value is -5.86. The highest BCUT2D eigenvalue weighted by Gasteiger charge is 2.34. The van der Waals surface area contributed by atoms with Crippen LogP contribution in [-0.4, -0.2) is 18.9 Å². The fraction of sp³-hybridized carbons (Fsp3) is 0.0571. The minimum absolute atomic E-state index is 0.0103. The molecule has 0 aliphatic rings. The third kappa shape index (κ3) is 5.87. The summed E-state index contributed by atoms with van der Waals surface area (Å²) >= 11 is 5.87. The SMILES string of the molecule is N#Cc1c(-c2ccccc2)c(S(=O)(=O)c2ccccc2)c(=S)n(C(=O)c2ccccc2)c1NC(c1ccccc1)C(C#N)C#N. The van der Waals surface area contributed by atoms with Crippen LogP contribution in [0.4, 0.5) is 5.82 Å². The molecule has 218 valence electrons. The van der Waals surface area contributed by atoms with E-state index < -0.39 is 32.6 Å². The van der Waals surface area contributed by atoms with Gasteiger partial charge in [0.05, 0.1) is 23.1 Å². The lowest BCUT2D eigenvalue weighted by Gasteiger charge is -2.27. The molecule has 45 heavy (non-hydrogen) atoms. The van der Waals surface area contributed by atoms with Crippen LogP contribution < -0.4 is 5.32 Å². The zero-order chi connectivity index (χ0) is 32.0. The molecular weight excluding hydrogens is 603 g/mol. The van der Waals surface area contributed by atoms with Crippen molar-refractivity contribution in [2.24, 2.45) is 5.92 Å². The smallest absolute Gasteiger partial charge is 0.264 e. The Morgan fingerprint density at radius 3 is 1.80 bits per heavy atom. The molecule has 8 nitrogen and oxygen atoms in total. The molecule has 5 rings (SSSR count). The van der Waals surface area contributed by atoms with Gasteiger partial charge in [0.15, 0.2) is 5.92 Å². The first-order valence-electron chi connectivity index (χ1n) is 13.6. The fourth-order valence-electron chi connectivity index (χ4n) is 4.99. The van der Waals surface area contributed by atoms with Gasteiger partial charge in [0.1, 0.15) is 27.0 Å². The van der Waals surface area contributed by atoms with Crippen LogP contribution in [0.5, 0.6) is 0 Å². The Morgan fingerprint density at radius 1 is 0.756 bits per heavy atom. The van der Waals surface area contributed by atoms with Crippen LogP contribution in [0, 0.1) is 44.6 Å². The van der Waals surface area contributed by atoms with Gasteiger partial charge >= 0.3 is 0 Å². The van der Waals surface area contributed by atoms with Gasteiger partial charge < -0.3 is 5.32 Å². The molecule has 0 spiro atoms. The second-order valence-corrected chi connectivity index (χ2v) is 12.1. The summed E-state index contributed by atoms with van der Waals surface area (Å²) < 4.78 is 29.4. The Bertz CT molecular complexity index is 2150. The van der Waals surface area contributed by atoms with Crippen molar-refractivity contribution >= 4 is 33.8 Å². The lowest BCUT2D eigenvalue weighted by molar-refractivity contribution is 0.0959. The maximum Gasteiger partial charge on any atom is 0.264 e. The molecule has 0 bridgehead atoms. The third-order valence-electron chi connectivity index (χ3n) is 7.12. The molecule has 0 saturated carbocycles. The van der Waals surface area contributed by atoms with E-state index in [9.17, 15) is 29.0 Å². The number of sulfone groups is 1. The van der Waals surface area contributed by atoms with Gasteiger partial charge in [-0.1, -0.05) is 109 Å². The van der Waals surface area contributed by atoms with Crippen molar-refractivity contribution in [3.05, 3.63) is 143 Å². The van der Waals surface area contributed by atoms with E-state index in [0.717, 1.165) is 4.57 Å². The van der Waals surface area contributed by atoms with Gasteiger partial charge in [0.25, 0.3) is 5.91 Å². The Balaban J connectivity index is 1.95. The molecular formula is C35H23N5O3S2. The highest BCUT2D eigenvalue weighted by Crippen LogP contribution is 2.41. The molecule has 0 aliphatic heterocycles. The van der Waals surface area contributed by atoms with Crippen molar-refractivity contribution in [2.75, 3.05) is 5.32 Å². The van der Waals surface area contributed by atoms with Crippen molar-refractivity contribution in [2.45, 2.75) is 15.8 Å². The zero-order valence-electron chi connectivity index (χ0n) is 23.5. The molecule has 0 amide bonds. The molecule has 1 atom stereocenters. The Labute approximate surface area is 265 Å². The molecule has 1 heterocycles. The number of nitriles is 3. The largest absolute Gasteiger partial charge is 0.361 e. The van der Waals surface area contributed by atoms with Crippen molar-refractivity contribution in [1.82, 2.24) is 4.57 Å². The maximum absolute atomic E-state index is 14.4. The van der Waals surface area contributed by atoms with E-state index >= 15 is 0 Å². The van der Waals surface area contributed by atoms with E-state index in [1.54, 1.807) is 109 Å². The molecule has 0 radical (unpaired) electrons. The molecule has 0 saturated heterocycles. The number of carbonyl (C=O) groups excluding carboxylic acids is 1. The summed E-state index contributed by atoms with van der Waals surface area (Å²) in [6.07, 6.45) is 0. The summed E-state index contributed by atoms with van der Waals surface area (Å²) in [5.41, 5.74) is 0.851. The average Bonchev–Trinajstić information content (AvgIpc) is 3.09. The van der Waals surface area contributed by atoms with E-state index in [-0.39, 0.29) is 32.0 Å². The molecule has 1 aromatic heterocycles. The van der Waals surface area contributed by atoms with Crippen LogP contribution >= 0.6 is 12.2 Å². The molecule has 1 N–H and O–H groups in total. The number of hydrogen-bond acceptors (Lipinski definition) is 8. The summed E-state index contributed by atoms with van der Waals surface area (Å²) in [5.74, 6) is -2.12. The second-order valence-electron chi connectivity index (χ2n) is 9.80. The van der Waals surface area contributed by atoms with Gasteiger partial charge in [0, 0.05) is 11.1 Å². The first-order chi connectivity index (χ1) is 21.8.